The van der Waals surface area contributed by atoms with Crippen LogP contribution in [-0.4, -0.2) is 9.97 Å². The summed E-state index contributed by atoms with van der Waals surface area (Å²) >= 11 is 6.50. The lowest BCUT2D eigenvalue weighted by Crippen LogP contribution is -1.87. The lowest BCUT2D eigenvalue weighted by Gasteiger charge is -1.93. The standard InChI is InChI=1S/C10H6BrN3S2/c11-8-5-15-9(13-8)14-10-12-6-3-1-2-4-7(6)16-10/h1-5H,(H,12,13,14). The van der Waals surface area contributed by atoms with E-state index in [-0.39, 0.29) is 0 Å². The molecule has 3 aromatic rings. The van der Waals surface area contributed by atoms with Crippen molar-refractivity contribution in [2.45, 2.75) is 0 Å². The maximum atomic E-state index is 4.48. The normalized spacial score (nSPS) is 10.8. The molecular formula is C10H6BrN3S2. The molecule has 0 aliphatic carbocycles. The number of hydrogen-bond acceptors (Lipinski definition) is 5. The fraction of sp³-hybridized carbons (Fsp3) is 0. The van der Waals surface area contributed by atoms with Crippen LogP contribution < -0.4 is 5.32 Å². The van der Waals surface area contributed by atoms with Crippen molar-refractivity contribution >= 4 is 59.1 Å². The molecule has 0 spiro atoms. The Hall–Kier alpha value is -0.980. The first-order chi connectivity index (χ1) is 7.81. The Balaban J connectivity index is 1.95. The van der Waals surface area contributed by atoms with Crippen LogP contribution in [0.4, 0.5) is 10.3 Å². The van der Waals surface area contributed by atoms with Crippen LogP contribution in [0, 0.1) is 0 Å². The van der Waals surface area contributed by atoms with Crippen molar-refractivity contribution in [3.05, 3.63) is 34.2 Å². The Kier molecular flexibility index (Phi) is 2.62. The van der Waals surface area contributed by atoms with Gasteiger partial charge < -0.3 is 5.32 Å². The lowest BCUT2D eigenvalue weighted by molar-refractivity contribution is 1.33. The Bertz CT molecular complexity index is 599. The summed E-state index contributed by atoms with van der Waals surface area (Å²) in [6.45, 7) is 0. The van der Waals surface area contributed by atoms with Crippen LogP contribution in [0.5, 0.6) is 0 Å². The van der Waals surface area contributed by atoms with Crippen LogP contribution in [0.3, 0.4) is 0 Å². The summed E-state index contributed by atoms with van der Waals surface area (Å²) in [5.41, 5.74) is 1.02. The Morgan fingerprint density at radius 3 is 2.75 bits per heavy atom. The van der Waals surface area contributed by atoms with E-state index >= 15 is 0 Å². The average molecular weight is 312 g/mol. The molecule has 0 aliphatic heterocycles. The molecule has 0 bridgehead atoms. The third kappa shape index (κ3) is 1.95. The van der Waals surface area contributed by atoms with Crippen molar-refractivity contribution in [2.75, 3.05) is 5.32 Å². The van der Waals surface area contributed by atoms with Crippen LogP contribution in [0.2, 0.25) is 0 Å². The zero-order valence-corrected chi connectivity index (χ0v) is 11.2. The molecule has 80 valence electrons. The first kappa shape index (κ1) is 10.2. The van der Waals surface area contributed by atoms with Crippen molar-refractivity contribution < 1.29 is 0 Å². The molecule has 1 N–H and O–H groups in total. The molecule has 16 heavy (non-hydrogen) atoms. The van der Waals surface area contributed by atoms with E-state index in [2.05, 4.69) is 37.3 Å². The van der Waals surface area contributed by atoms with Gasteiger partial charge in [-0.2, -0.15) is 0 Å². The number of para-hydroxylation sites is 1. The van der Waals surface area contributed by atoms with Crippen LogP contribution in [0.1, 0.15) is 0 Å². The van der Waals surface area contributed by atoms with Gasteiger partial charge in [0, 0.05) is 5.38 Å². The maximum absolute atomic E-state index is 4.48. The van der Waals surface area contributed by atoms with Gasteiger partial charge in [0.05, 0.1) is 10.2 Å². The maximum Gasteiger partial charge on any atom is 0.190 e. The molecule has 2 aromatic heterocycles. The number of fused-ring (bicyclic) bond motifs is 1. The highest BCUT2D eigenvalue weighted by Crippen LogP contribution is 2.29. The summed E-state index contributed by atoms with van der Waals surface area (Å²) in [6, 6.07) is 8.08. The van der Waals surface area contributed by atoms with Gasteiger partial charge in [-0.1, -0.05) is 23.5 Å². The highest BCUT2D eigenvalue weighted by atomic mass is 79.9. The number of nitrogens with zero attached hydrogens (tertiary/aromatic N) is 2. The molecule has 0 amide bonds. The molecule has 6 heteroatoms. The summed E-state index contributed by atoms with van der Waals surface area (Å²) < 4.78 is 2.03. The Morgan fingerprint density at radius 1 is 1.12 bits per heavy atom. The van der Waals surface area contributed by atoms with Gasteiger partial charge in [0.25, 0.3) is 0 Å². The molecule has 0 radical (unpaired) electrons. The van der Waals surface area contributed by atoms with Crippen molar-refractivity contribution in [1.29, 1.82) is 0 Å². The second kappa shape index (κ2) is 4.12. The van der Waals surface area contributed by atoms with Gasteiger partial charge >= 0.3 is 0 Å². The van der Waals surface area contributed by atoms with Gasteiger partial charge in [0.15, 0.2) is 10.3 Å². The van der Waals surface area contributed by atoms with Gasteiger partial charge in [-0.25, -0.2) is 9.97 Å². The van der Waals surface area contributed by atoms with E-state index in [1.165, 1.54) is 4.70 Å². The predicted octanol–water partition coefficient (Wildman–Crippen LogP) is 4.26. The molecule has 0 aliphatic rings. The lowest BCUT2D eigenvalue weighted by atomic mass is 10.3. The molecule has 1 aromatic carbocycles. The fourth-order valence-corrected chi connectivity index (χ4v) is 3.40. The number of rotatable bonds is 2. The van der Waals surface area contributed by atoms with Gasteiger partial charge in [0.1, 0.15) is 4.60 Å². The van der Waals surface area contributed by atoms with E-state index in [1.54, 1.807) is 22.7 Å². The monoisotopic (exact) mass is 311 g/mol. The first-order valence-electron chi connectivity index (χ1n) is 4.55. The van der Waals surface area contributed by atoms with E-state index < -0.39 is 0 Å². The number of thiazole rings is 2. The van der Waals surface area contributed by atoms with Crippen molar-refractivity contribution in [1.82, 2.24) is 9.97 Å². The largest absolute Gasteiger partial charge is 0.307 e. The van der Waals surface area contributed by atoms with Gasteiger partial charge in [-0.15, -0.1) is 11.3 Å². The highest BCUT2D eigenvalue weighted by molar-refractivity contribution is 9.10. The summed E-state index contributed by atoms with van der Waals surface area (Å²) in [5, 5.41) is 6.87. The van der Waals surface area contributed by atoms with E-state index in [0.717, 1.165) is 20.4 Å². The Labute approximate surface area is 108 Å². The minimum Gasteiger partial charge on any atom is -0.307 e. The molecule has 0 fully saturated rings. The second-order valence-electron chi connectivity index (χ2n) is 3.09. The van der Waals surface area contributed by atoms with Gasteiger partial charge in [-0.3, -0.25) is 0 Å². The van der Waals surface area contributed by atoms with E-state index in [4.69, 9.17) is 0 Å². The molecule has 0 saturated carbocycles. The summed E-state index contributed by atoms with van der Waals surface area (Å²) in [5.74, 6) is 0. The molecular weight excluding hydrogens is 306 g/mol. The molecule has 0 unspecified atom stereocenters. The molecule has 2 heterocycles. The quantitative estimate of drug-likeness (QED) is 0.768. The van der Waals surface area contributed by atoms with Gasteiger partial charge in [0.2, 0.25) is 0 Å². The third-order valence-electron chi connectivity index (χ3n) is 1.98. The third-order valence-corrected chi connectivity index (χ3v) is 4.40. The van der Waals surface area contributed by atoms with Crippen molar-refractivity contribution in [2.24, 2.45) is 0 Å². The SMILES string of the molecule is Brc1csc(Nc2nc3ccccc3s2)n1. The number of aromatic nitrogens is 2. The van der Waals surface area contributed by atoms with Crippen LogP contribution in [-0.2, 0) is 0 Å². The number of anilines is 2. The molecule has 0 atom stereocenters. The van der Waals surface area contributed by atoms with Crippen LogP contribution >= 0.6 is 38.6 Å². The number of hydrogen-bond donors (Lipinski definition) is 1. The summed E-state index contributed by atoms with van der Waals surface area (Å²) in [6.07, 6.45) is 0. The van der Waals surface area contributed by atoms with Crippen molar-refractivity contribution in [3.8, 4) is 0 Å². The van der Waals surface area contributed by atoms with E-state index in [1.807, 2.05) is 23.6 Å². The number of nitrogens with one attached hydrogen (secondary N) is 1. The van der Waals surface area contributed by atoms with E-state index in [9.17, 15) is 0 Å². The van der Waals surface area contributed by atoms with E-state index in [0.29, 0.717) is 0 Å². The molecule has 3 rings (SSSR count). The fourth-order valence-electron chi connectivity index (χ4n) is 1.33. The second-order valence-corrected chi connectivity index (χ2v) is 5.79. The number of benzene rings is 1. The van der Waals surface area contributed by atoms with Gasteiger partial charge in [-0.05, 0) is 28.1 Å². The first-order valence-corrected chi connectivity index (χ1v) is 7.04. The highest BCUT2D eigenvalue weighted by Gasteiger charge is 2.05. The zero-order valence-electron chi connectivity index (χ0n) is 7.98. The van der Waals surface area contributed by atoms with Crippen LogP contribution in [0.25, 0.3) is 10.2 Å². The molecule has 3 nitrogen and oxygen atoms in total. The predicted molar refractivity (Wildman–Crippen MR) is 72.7 cm³/mol. The smallest absolute Gasteiger partial charge is 0.190 e. The number of halogens is 1. The zero-order chi connectivity index (χ0) is 11.0. The average Bonchev–Trinajstić information content (AvgIpc) is 2.84. The Morgan fingerprint density at radius 2 is 2.00 bits per heavy atom. The summed E-state index contributed by atoms with van der Waals surface area (Å²) in [7, 11) is 0. The minimum absolute atomic E-state index is 0.848. The van der Waals surface area contributed by atoms with Crippen molar-refractivity contribution in [3.63, 3.8) is 0 Å². The minimum atomic E-state index is 0.848. The summed E-state index contributed by atoms with van der Waals surface area (Å²) in [4.78, 5) is 8.74. The topological polar surface area (TPSA) is 37.8 Å². The van der Waals surface area contributed by atoms with Crippen LogP contribution in [0.15, 0.2) is 34.2 Å². The molecule has 0 saturated heterocycles.